The number of carboxylic acids is 1. The number of carbonyl (C=O) groups excluding carboxylic acids is 1. The van der Waals surface area contributed by atoms with Crippen molar-refractivity contribution >= 4 is 12.0 Å². The fourth-order valence-corrected chi connectivity index (χ4v) is 1.93. The normalized spacial score (nSPS) is 24.3. The van der Waals surface area contributed by atoms with Crippen LogP contribution in [0.15, 0.2) is 30.3 Å². The standard InChI is InChI=1S/C11H12N2O3/c1-13-9(7-5-3-2-4-6-7)8(10(14)15)12-11(13)16/h2-6,8-9H,1H3,(H,12,16)(H,14,15). The van der Waals surface area contributed by atoms with Gasteiger partial charge < -0.3 is 15.3 Å². The first-order valence-electron chi connectivity index (χ1n) is 4.92. The van der Waals surface area contributed by atoms with Gasteiger partial charge in [0.2, 0.25) is 0 Å². The Morgan fingerprint density at radius 3 is 2.56 bits per heavy atom. The summed E-state index contributed by atoms with van der Waals surface area (Å²) in [6.07, 6.45) is 0. The molecule has 84 valence electrons. The Balaban J connectivity index is 2.37. The van der Waals surface area contributed by atoms with Crippen molar-refractivity contribution in [3.63, 3.8) is 0 Å². The lowest BCUT2D eigenvalue weighted by atomic mass is 10.0. The predicted octanol–water partition coefficient (Wildman–Crippen LogP) is 0.836. The highest BCUT2D eigenvalue weighted by Gasteiger charge is 2.42. The Labute approximate surface area is 92.7 Å². The van der Waals surface area contributed by atoms with Crippen LogP contribution >= 0.6 is 0 Å². The van der Waals surface area contributed by atoms with Crippen molar-refractivity contribution in [3.8, 4) is 0 Å². The molecular formula is C11H12N2O3. The molecule has 0 radical (unpaired) electrons. The summed E-state index contributed by atoms with van der Waals surface area (Å²) < 4.78 is 0. The molecule has 1 fully saturated rings. The third kappa shape index (κ3) is 1.60. The average molecular weight is 220 g/mol. The fraction of sp³-hybridized carbons (Fsp3) is 0.273. The second kappa shape index (κ2) is 3.84. The van der Waals surface area contributed by atoms with E-state index in [1.54, 1.807) is 7.05 Å². The van der Waals surface area contributed by atoms with Crippen molar-refractivity contribution in [2.45, 2.75) is 12.1 Å². The summed E-state index contributed by atoms with van der Waals surface area (Å²) in [5.74, 6) is -1.02. The number of carbonyl (C=O) groups is 2. The number of nitrogens with one attached hydrogen (secondary N) is 1. The highest BCUT2D eigenvalue weighted by atomic mass is 16.4. The molecule has 1 aliphatic rings. The van der Waals surface area contributed by atoms with Crippen LogP contribution in [0.25, 0.3) is 0 Å². The molecule has 1 aliphatic heterocycles. The lowest BCUT2D eigenvalue weighted by Gasteiger charge is -2.21. The number of nitrogens with zero attached hydrogens (tertiary/aromatic N) is 1. The number of likely N-dealkylation sites (N-methyl/N-ethyl adjacent to an activating group) is 1. The van der Waals surface area contributed by atoms with Crippen molar-refractivity contribution < 1.29 is 14.7 Å². The van der Waals surface area contributed by atoms with Crippen LogP contribution in [-0.4, -0.2) is 35.1 Å². The molecule has 5 nitrogen and oxygen atoms in total. The summed E-state index contributed by atoms with van der Waals surface area (Å²) in [5.41, 5.74) is 0.816. The minimum Gasteiger partial charge on any atom is -0.480 e. The monoisotopic (exact) mass is 220 g/mol. The van der Waals surface area contributed by atoms with E-state index < -0.39 is 18.1 Å². The molecule has 2 atom stereocenters. The Morgan fingerprint density at radius 2 is 2.00 bits per heavy atom. The maximum Gasteiger partial charge on any atom is 0.328 e. The van der Waals surface area contributed by atoms with Gasteiger partial charge in [-0.2, -0.15) is 0 Å². The average Bonchev–Trinajstić information content (AvgIpc) is 2.57. The summed E-state index contributed by atoms with van der Waals surface area (Å²) in [7, 11) is 1.59. The van der Waals surface area contributed by atoms with E-state index in [-0.39, 0.29) is 6.03 Å². The first-order chi connectivity index (χ1) is 7.61. The molecule has 1 saturated heterocycles. The second-order valence-corrected chi connectivity index (χ2v) is 3.73. The molecule has 1 aromatic carbocycles. The van der Waals surface area contributed by atoms with Gasteiger partial charge in [0.25, 0.3) is 0 Å². The maximum atomic E-state index is 11.4. The lowest BCUT2D eigenvalue weighted by molar-refractivity contribution is -0.139. The number of carboxylic acid groups (broad SMARTS) is 1. The highest BCUT2D eigenvalue weighted by molar-refractivity contribution is 5.87. The molecule has 2 N–H and O–H groups in total. The van der Waals surface area contributed by atoms with E-state index in [4.69, 9.17) is 5.11 Å². The summed E-state index contributed by atoms with van der Waals surface area (Å²) in [5, 5.41) is 11.5. The van der Waals surface area contributed by atoms with E-state index in [1.807, 2.05) is 30.3 Å². The molecule has 1 aromatic rings. The van der Waals surface area contributed by atoms with Crippen molar-refractivity contribution in [1.82, 2.24) is 10.2 Å². The van der Waals surface area contributed by atoms with Gasteiger partial charge in [0.1, 0.15) is 0 Å². The minimum atomic E-state index is -1.02. The first kappa shape index (κ1) is 10.5. The Bertz CT molecular complexity index is 418. The highest BCUT2D eigenvalue weighted by Crippen LogP contribution is 2.27. The zero-order valence-electron chi connectivity index (χ0n) is 8.75. The second-order valence-electron chi connectivity index (χ2n) is 3.73. The summed E-state index contributed by atoms with van der Waals surface area (Å²) in [4.78, 5) is 23.9. The zero-order valence-corrected chi connectivity index (χ0v) is 8.75. The number of aliphatic carboxylic acids is 1. The molecule has 1 heterocycles. The van der Waals surface area contributed by atoms with Crippen LogP contribution in [0, 0.1) is 0 Å². The van der Waals surface area contributed by atoms with E-state index in [0.717, 1.165) is 5.56 Å². The van der Waals surface area contributed by atoms with Gasteiger partial charge in [-0.25, -0.2) is 9.59 Å². The van der Waals surface area contributed by atoms with Crippen LogP contribution in [-0.2, 0) is 4.79 Å². The Hall–Kier alpha value is -2.04. The van der Waals surface area contributed by atoms with Gasteiger partial charge in [-0.3, -0.25) is 0 Å². The molecule has 0 spiro atoms. The van der Waals surface area contributed by atoms with Crippen molar-refractivity contribution in [2.75, 3.05) is 7.05 Å². The summed E-state index contributed by atoms with van der Waals surface area (Å²) in [6, 6.07) is 7.43. The molecular weight excluding hydrogens is 208 g/mol. The van der Waals surface area contributed by atoms with Gasteiger partial charge in [-0.05, 0) is 5.56 Å². The smallest absolute Gasteiger partial charge is 0.328 e. The van der Waals surface area contributed by atoms with E-state index in [1.165, 1.54) is 4.90 Å². The van der Waals surface area contributed by atoms with Gasteiger partial charge in [0.05, 0.1) is 6.04 Å². The Morgan fingerprint density at radius 1 is 1.38 bits per heavy atom. The van der Waals surface area contributed by atoms with Gasteiger partial charge in [-0.15, -0.1) is 0 Å². The van der Waals surface area contributed by atoms with Crippen LogP contribution in [0.5, 0.6) is 0 Å². The van der Waals surface area contributed by atoms with Gasteiger partial charge in [-0.1, -0.05) is 30.3 Å². The summed E-state index contributed by atoms with van der Waals surface area (Å²) in [6.45, 7) is 0. The van der Waals surface area contributed by atoms with E-state index in [0.29, 0.717) is 0 Å². The molecule has 0 aromatic heterocycles. The number of benzene rings is 1. The lowest BCUT2D eigenvalue weighted by Crippen LogP contribution is -2.35. The number of rotatable bonds is 2. The first-order valence-corrected chi connectivity index (χ1v) is 4.92. The fourth-order valence-electron chi connectivity index (χ4n) is 1.93. The van der Waals surface area contributed by atoms with Crippen LogP contribution in [0.2, 0.25) is 0 Å². The number of hydrogen-bond donors (Lipinski definition) is 2. The molecule has 0 saturated carbocycles. The van der Waals surface area contributed by atoms with Crippen LogP contribution in [0.3, 0.4) is 0 Å². The molecule has 5 heteroatoms. The van der Waals surface area contributed by atoms with Crippen molar-refractivity contribution in [1.29, 1.82) is 0 Å². The van der Waals surface area contributed by atoms with Crippen LogP contribution in [0.4, 0.5) is 4.79 Å². The van der Waals surface area contributed by atoms with Gasteiger partial charge in [0.15, 0.2) is 6.04 Å². The molecule has 0 bridgehead atoms. The molecule has 16 heavy (non-hydrogen) atoms. The SMILES string of the molecule is CN1C(=O)NC(C(=O)O)C1c1ccccc1. The van der Waals surface area contributed by atoms with E-state index in [9.17, 15) is 9.59 Å². The molecule has 2 amide bonds. The van der Waals surface area contributed by atoms with Gasteiger partial charge in [0, 0.05) is 7.05 Å². The third-order valence-electron chi connectivity index (χ3n) is 2.74. The topological polar surface area (TPSA) is 69.6 Å². The van der Waals surface area contributed by atoms with Crippen LogP contribution in [0.1, 0.15) is 11.6 Å². The number of amides is 2. The van der Waals surface area contributed by atoms with Crippen molar-refractivity contribution in [2.24, 2.45) is 0 Å². The van der Waals surface area contributed by atoms with Crippen LogP contribution < -0.4 is 5.32 Å². The summed E-state index contributed by atoms with van der Waals surface area (Å²) >= 11 is 0. The zero-order chi connectivity index (χ0) is 11.7. The number of hydrogen-bond acceptors (Lipinski definition) is 2. The number of urea groups is 1. The molecule has 2 rings (SSSR count). The van der Waals surface area contributed by atoms with E-state index in [2.05, 4.69) is 5.32 Å². The largest absolute Gasteiger partial charge is 0.480 e. The molecule has 0 aliphatic carbocycles. The minimum absolute atomic E-state index is 0.360. The molecule has 2 unspecified atom stereocenters. The Kier molecular flexibility index (Phi) is 2.52. The van der Waals surface area contributed by atoms with Crippen molar-refractivity contribution in [3.05, 3.63) is 35.9 Å². The predicted molar refractivity (Wildman–Crippen MR) is 56.9 cm³/mol. The van der Waals surface area contributed by atoms with Gasteiger partial charge >= 0.3 is 12.0 Å². The van der Waals surface area contributed by atoms with E-state index >= 15 is 0 Å². The quantitative estimate of drug-likeness (QED) is 0.775. The third-order valence-corrected chi connectivity index (χ3v) is 2.74. The maximum absolute atomic E-state index is 11.4.